The van der Waals surface area contributed by atoms with E-state index < -0.39 is 0 Å². The van der Waals surface area contributed by atoms with Gasteiger partial charge >= 0.3 is 0 Å². The van der Waals surface area contributed by atoms with Crippen LogP contribution in [-0.2, 0) is 0 Å². The fourth-order valence-electron chi connectivity index (χ4n) is 1.62. The van der Waals surface area contributed by atoms with Gasteiger partial charge in [0.25, 0.3) is 5.91 Å². The van der Waals surface area contributed by atoms with Crippen LogP contribution in [0.4, 0.5) is 5.00 Å². The van der Waals surface area contributed by atoms with Crippen LogP contribution in [0.3, 0.4) is 0 Å². The van der Waals surface area contributed by atoms with E-state index in [2.05, 4.69) is 10.6 Å². The fraction of sp³-hybridized carbons (Fsp3) is 0.545. The third-order valence-corrected chi connectivity index (χ3v) is 3.95. The SMILES string of the molecule is CNc1ccc(C(=O)NCC2CCC2)s1. The van der Waals surface area contributed by atoms with E-state index in [1.807, 2.05) is 19.2 Å². The minimum absolute atomic E-state index is 0.0633. The molecule has 0 unspecified atom stereocenters. The van der Waals surface area contributed by atoms with Crippen molar-refractivity contribution in [1.29, 1.82) is 0 Å². The first-order valence-corrected chi connectivity index (χ1v) is 6.17. The van der Waals surface area contributed by atoms with Crippen LogP contribution in [0.25, 0.3) is 0 Å². The standard InChI is InChI=1S/C11H16N2OS/c1-12-10-6-5-9(15-10)11(14)13-7-8-3-2-4-8/h5-6,8,12H,2-4,7H2,1H3,(H,13,14). The maximum absolute atomic E-state index is 11.7. The first-order chi connectivity index (χ1) is 7.29. The Bertz CT molecular complexity index is 344. The Morgan fingerprint density at radius 2 is 2.33 bits per heavy atom. The van der Waals surface area contributed by atoms with Gasteiger partial charge in [-0.15, -0.1) is 11.3 Å². The van der Waals surface area contributed by atoms with Crippen LogP contribution in [0.5, 0.6) is 0 Å². The molecule has 1 aliphatic carbocycles. The highest BCUT2D eigenvalue weighted by molar-refractivity contribution is 7.17. The molecule has 0 aromatic carbocycles. The number of thiophene rings is 1. The Labute approximate surface area is 93.9 Å². The van der Waals surface area contributed by atoms with E-state index >= 15 is 0 Å². The van der Waals surface area contributed by atoms with Gasteiger partial charge in [0.2, 0.25) is 0 Å². The molecule has 0 spiro atoms. The first kappa shape index (κ1) is 10.5. The highest BCUT2D eigenvalue weighted by atomic mass is 32.1. The average molecular weight is 224 g/mol. The third kappa shape index (κ3) is 2.50. The summed E-state index contributed by atoms with van der Waals surface area (Å²) in [6, 6.07) is 3.80. The number of anilines is 1. The van der Waals surface area contributed by atoms with Crippen molar-refractivity contribution in [2.75, 3.05) is 18.9 Å². The summed E-state index contributed by atoms with van der Waals surface area (Å²) in [6.45, 7) is 0.839. The molecule has 15 heavy (non-hydrogen) atoms. The Morgan fingerprint density at radius 3 is 2.87 bits per heavy atom. The van der Waals surface area contributed by atoms with Gasteiger partial charge in [-0.05, 0) is 30.9 Å². The van der Waals surface area contributed by atoms with Gasteiger partial charge in [-0.25, -0.2) is 0 Å². The third-order valence-electron chi connectivity index (χ3n) is 2.85. The van der Waals surface area contributed by atoms with Gasteiger partial charge in [-0.2, -0.15) is 0 Å². The summed E-state index contributed by atoms with van der Waals surface area (Å²) < 4.78 is 0. The van der Waals surface area contributed by atoms with Crippen molar-refractivity contribution in [3.05, 3.63) is 17.0 Å². The van der Waals surface area contributed by atoms with Gasteiger partial charge in [-0.1, -0.05) is 6.42 Å². The lowest BCUT2D eigenvalue weighted by molar-refractivity contribution is 0.0943. The number of rotatable bonds is 4. The van der Waals surface area contributed by atoms with Gasteiger partial charge in [-0.3, -0.25) is 4.79 Å². The summed E-state index contributed by atoms with van der Waals surface area (Å²) in [4.78, 5) is 12.5. The van der Waals surface area contributed by atoms with Crippen LogP contribution in [0.15, 0.2) is 12.1 Å². The number of carbonyl (C=O) groups excluding carboxylic acids is 1. The second-order valence-corrected chi connectivity index (χ2v) is 5.00. The van der Waals surface area contributed by atoms with E-state index in [1.54, 1.807) is 0 Å². The fourth-order valence-corrected chi connectivity index (χ4v) is 2.39. The number of nitrogens with one attached hydrogen (secondary N) is 2. The molecular weight excluding hydrogens is 208 g/mol. The van der Waals surface area contributed by atoms with Crippen LogP contribution in [0.2, 0.25) is 0 Å². The molecular formula is C11H16N2OS. The van der Waals surface area contributed by atoms with E-state index in [1.165, 1.54) is 30.6 Å². The minimum Gasteiger partial charge on any atom is -0.380 e. The zero-order valence-corrected chi connectivity index (χ0v) is 9.69. The normalized spacial score (nSPS) is 15.8. The van der Waals surface area contributed by atoms with Crippen molar-refractivity contribution >= 4 is 22.2 Å². The highest BCUT2D eigenvalue weighted by Gasteiger charge is 2.18. The van der Waals surface area contributed by atoms with Gasteiger partial charge < -0.3 is 10.6 Å². The summed E-state index contributed by atoms with van der Waals surface area (Å²) >= 11 is 1.50. The van der Waals surface area contributed by atoms with Crippen molar-refractivity contribution < 1.29 is 4.79 Å². The molecule has 0 aliphatic heterocycles. The highest BCUT2D eigenvalue weighted by Crippen LogP contribution is 2.26. The molecule has 0 atom stereocenters. The lowest BCUT2D eigenvalue weighted by Gasteiger charge is -2.25. The van der Waals surface area contributed by atoms with Gasteiger partial charge in [0.1, 0.15) is 0 Å². The summed E-state index contributed by atoms with van der Waals surface area (Å²) in [5.74, 6) is 0.783. The van der Waals surface area contributed by atoms with E-state index in [-0.39, 0.29) is 5.91 Å². The van der Waals surface area contributed by atoms with Crippen molar-refractivity contribution in [2.24, 2.45) is 5.92 Å². The van der Waals surface area contributed by atoms with E-state index in [9.17, 15) is 4.79 Å². The zero-order chi connectivity index (χ0) is 10.7. The molecule has 0 bridgehead atoms. The lowest BCUT2D eigenvalue weighted by Crippen LogP contribution is -2.31. The van der Waals surface area contributed by atoms with Crippen molar-refractivity contribution in [2.45, 2.75) is 19.3 Å². The lowest BCUT2D eigenvalue weighted by atomic mass is 9.85. The molecule has 3 nitrogen and oxygen atoms in total. The summed E-state index contributed by atoms with van der Waals surface area (Å²) in [6.07, 6.45) is 3.86. The minimum atomic E-state index is 0.0633. The predicted molar refractivity (Wildman–Crippen MR) is 63.5 cm³/mol. The topological polar surface area (TPSA) is 41.1 Å². The molecule has 1 heterocycles. The molecule has 0 saturated heterocycles. The Morgan fingerprint density at radius 1 is 1.53 bits per heavy atom. The smallest absolute Gasteiger partial charge is 0.261 e. The molecule has 1 aromatic heterocycles. The number of hydrogen-bond acceptors (Lipinski definition) is 3. The van der Waals surface area contributed by atoms with E-state index in [0.29, 0.717) is 0 Å². The molecule has 1 amide bonds. The van der Waals surface area contributed by atoms with E-state index in [4.69, 9.17) is 0 Å². The quantitative estimate of drug-likeness (QED) is 0.824. The maximum Gasteiger partial charge on any atom is 0.261 e. The van der Waals surface area contributed by atoms with Crippen molar-refractivity contribution in [3.63, 3.8) is 0 Å². The van der Waals surface area contributed by atoms with Gasteiger partial charge in [0.05, 0.1) is 9.88 Å². The van der Waals surface area contributed by atoms with Crippen LogP contribution in [0.1, 0.15) is 28.9 Å². The molecule has 82 valence electrons. The number of hydrogen-bond donors (Lipinski definition) is 2. The molecule has 0 radical (unpaired) electrons. The number of carbonyl (C=O) groups is 1. The van der Waals surface area contributed by atoms with Crippen LogP contribution < -0.4 is 10.6 Å². The maximum atomic E-state index is 11.7. The molecule has 1 fully saturated rings. The second-order valence-electron chi connectivity index (χ2n) is 3.92. The molecule has 2 N–H and O–H groups in total. The Hall–Kier alpha value is -1.03. The Balaban J connectivity index is 1.83. The number of amides is 1. The molecule has 4 heteroatoms. The van der Waals surface area contributed by atoms with Crippen molar-refractivity contribution in [1.82, 2.24) is 5.32 Å². The molecule has 2 rings (SSSR count). The predicted octanol–water partition coefficient (Wildman–Crippen LogP) is 2.32. The van der Waals surface area contributed by atoms with E-state index in [0.717, 1.165) is 22.3 Å². The molecule has 1 aromatic rings. The van der Waals surface area contributed by atoms with Crippen LogP contribution in [-0.4, -0.2) is 19.5 Å². The zero-order valence-electron chi connectivity index (χ0n) is 8.88. The Kier molecular flexibility index (Phi) is 3.26. The summed E-state index contributed by atoms with van der Waals surface area (Å²) in [5.41, 5.74) is 0. The summed E-state index contributed by atoms with van der Waals surface area (Å²) in [5, 5.41) is 7.04. The summed E-state index contributed by atoms with van der Waals surface area (Å²) in [7, 11) is 1.86. The monoisotopic (exact) mass is 224 g/mol. The van der Waals surface area contributed by atoms with Crippen LogP contribution >= 0.6 is 11.3 Å². The van der Waals surface area contributed by atoms with Gasteiger partial charge in [0, 0.05) is 13.6 Å². The molecule has 1 saturated carbocycles. The second kappa shape index (κ2) is 4.66. The van der Waals surface area contributed by atoms with Crippen molar-refractivity contribution in [3.8, 4) is 0 Å². The average Bonchev–Trinajstić information content (AvgIpc) is 2.63. The van der Waals surface area contributed by atoms with Crippen LogP contribution in [0, 0.1) is 5.92 Å². The largest absolute Gasteiger partial charge is 0.380 e. The first-order valence-electron chi connectivity index (χ1n) is 5.35. The van der Waals surface area contributed by atoms with Gasteiger partial charge in [0.15, 0.2) is 0 Å². The molecule has 1 aliphatic rings.